The normalized spacial score (nSPS) is 26.0. The van der Waals surface area contributed by atoms with Crippen molar-refractivity contribution in [2.24, 2.45) is 11.3 Å². The average Bonchev–Trinajstić information content (AvgIpc) is 3.33. The molecular weight excluding hydrogens is 350 g/mol. The van der Waals surface area contributed by atoms with Crippen LogP contribution in [-0.2, 0) is 11.4 Å². The molecule has 1 aromatic carbocycles. The van der Waals surface area contributed by atoms with Gasteiger partial charge in [0.2, 0.25) is 0 Å². The van der Waals surface area contributed by atoms with Crippen molar-refractivity contribution in [3.8, 4) is 16.2 Å². The van der Waals surface area contributed by atoms with Crippen LogP contribution in [-0.4, -0.2) is 35.0 Å². The Labute approximate surface area is 155 Å². The van der Waals surface area contributed by atoms with Gasteiger partial charge in [-0.2, -0.15) is 0 Å². The number of aliphatic carboxylic acids is 1. The summed E-state index contributed by atoms with van der Waals surface area (Å²) in [4.78, 5) is 28.4. The van der Waals surface area contributed by atoms with Crippen LogP contribution in [0.25, 0.3) is 10.4 Å². The van der Waals surface area contributed by atoms with Gasteiger partial charge < -0.3 is 14.7 Å². The summed E-state index contributed by atoms with van der Waals surface area (Å²) in [6.45, 7) is 1.36. The number of amides is 1. The standard InChI is InChI=1S/C20H19NO4S/c22-18(21-9-13-4-3-7-20(13,11-21)19(23)24)16-8-12-10-25-15-6-2-1-5-14(15)17(12)26-16/h1-2,5-6,8,13H,3-4,7,9-11H2,(H,23,24)/t13-,20+/m0/s1. The lowest BCUT2D eigenvalue weighted by molar-refractivity contribution is -0.149. The minimum Gasteiger partial charge on any atom is -0.488 e. The summed E-state index contributed by atoms with van der Waals surface area (Å²) >= 11 is 1.49. The van der Waals surface area contributed by atoms with E-state index in [0.29, 0.717) is 31.0 Å². The summed E-state index contributed by atoms with van der Waals surface area (Å²) in [6, 6.07) is 9.78. The molecule has 1 aliphatic carbocycles. The molecule has 0 bridgehead atoms. The molecule has 5 nitrogen and oxygen atoms in total. The zero-order valence-electron chi connectivity index (χ0n) is 14.2. The second-order valence-electron chi connectivity index (χ2n) is 7.49. The fourth-order valence-electron chi connectivity index (χ4n) is 4.75. The van der Waals surface area contributed by atoms with Gasteiger partial charge >= 0.3 is 5.97 Å². The van der Waals surface area contributed by atoms with E-state index in [1.165, 1.54) is 11.3 Å². The van der Waals surface area contributed by atoms with Gasteiger partial charge in [-0.05, 0) is 37.0 Å². The van der Waals surface area contributed by atoms with E-state index in [-0.39, 0.29) is 11.8 Å². The zero-order valence-corrected chi connectivity index (χ0v) is 15.1. The molecule has 2 atom stereocenters. The number of carboxylic acid groups (broad SMARTS) is 1. The van der Waals surface area contributed by atoms with Crippen LogP contribution >= 0.6 is 11.3 Å². The van der Waals surface area contributed by atoms with Crippen LogP contribution in [0.1, 0.15) is 34.5 Å². The van der Waals surface area contributed by atoms with E-state index in [1.54, 1.807) is 4.90 Å². The molecule has 0 spiro atoms. The number of carbonyl (C=O) groups excluding carboxylic acids is 1. The van der Waals surface area contributed by atoms with Gasteiger partial charge in [0.05, 0.1) is 10.3 Å². The number of carbonyl (C=O) groups is 2. The summed E-state index contributed by atoms with van der Waals surface area (Å²) in [5, 5.41) is 9.73. The van der Waals surface area contributed by atoms with Crippen LogP contribution in [0.2, 0.25) is 0 Å². The quantitative estimate of drug-likeness (QED) is 0.878. The molecule has 3 heterocycles. The van der Waals surface area contributed by atoms with E-state index < -0.39 is 11.4 Å². The highest BCUT2D eigenvalue weighted by molar-refractivity contribution is 7.17. The summed E-state index contributed by atoms with van der Waals surface area (Å²) in [7, 11) is 0. The minimum atomic E-state index is -0.747. The van der Waals surface area contributed by atoms with Gasteiger partial charge in [0.15, 0.2) is 0 Å². The third-order valence-corrected chi connectivity index (χ3v) is 7.32. The molecule has 1 amide bonds. The predicted molar refractivity (Wildman–Crippen MR) is 97.4 cm³/mol. The van der Waals surface area contributed by atoms with Gasteiger partial charge in [-0.25, -0.2) is 0 Å². The molecule has 1 N–H and O–H groups in total. The van der Waals surface area contributed by atoms with Crippen LogP contribution in [0.15, 0.2) is 30.3 Å². The Hall–Kier alpha value is -2.34. The fraction of sp³-hybridized carbons (Fsp3) is 0.400. The van der Waals surface area contributed by atoms with Crippen molar-refractivity contribution in [3.05, 3.63) is 40.8 Å². The SMILES string of the molecule is O=C(c1cc2c(s1)-c1ccccc1OC2)N1C[C@@H]2CCC[C@@]2(C(=O)O)C1. The molecular formula is C20H19NO4S. The Morgan fingerprint density at radius 3 is 2.96 bits per heavy atom. The maximum Gasteiger partial charge on any atom is 0.311 e. The molecule has 2 fully saturated rings. The summed E-state index contributed by atoms with van der Waals surface area (Å²) in [5.74, 6) is 0.143. The zero-order chi connectivity index (χ0) is 17.9. The smallest absolute Gasteiger partial charge is 0.311 e. The highest BCUT2D eigenvalue weighted by atomic mass is 32.1. The molecule has 6 heteroatoms. The number of nitrogens with zero attached hydrogens (tertiary/aromatic N) is 1. The number of likely N-dealkylation sites (tertiary alicyclic amines) is 1. The lowest BCUT2D eigenvalue weighted by Gasteiger charge is -2.23. The van der Waals surface area contributed by atoms with E-state index in [4.69, 9.17) is 4.74 Å². The molecule has 0 unspecified atom stereocenters. The monoisotopic (exact) mass is 369 g/mol. The average molecular weight is 369 g/mol. The first-order valence-electron chi connectivity index (χ1n) is 8.96. The first kappa shape index (κ1) is 15.9. The molecule has 0 radical (unpaired) electrons. The van der Waals surface area contributed by atoms with E-state index in [0.717, 1.165) is 34.6 Å². The van der Waals surface area contributed by atoms with Crippen molar-refractivity contribution in [1.29, 1.82) is 0 Å². The molecule has 1 saturated heterocycles. The number of benzene rings is 1. The van der Waals surface area contributed by atoms with Crippen LogP contribution in [0.4, 0.5) is 0 Å². The molecule has 26 heavy (non-hydrogen) atoms. The van der Waals surface area contributed by atoms with Crippen molar-refractivity contribution >= 4 is 23.2 Å². The number of ether oxygens (including phenoxy) is 1. The molecule has 5 rings (SSSR count). The molecule has 2 aromatic rings. The van der Waals surface area contributed by atoms with Crippen molar-refractivity contribution in [1.82, 2.24) is 4.90 Å². The molecule has 1 saturated carbocycles. The van der Waals surface area contributed by atoms with Crippen molar-refractivity contribution in [3.63, 3.8) is 0 Å². The van der Waals surface area contributed by atoms with Crippen LogP contribution in [0, 0.1) is 11.3 Å². The van der Waals surface area contributed by atoms with Crippen molar-refractivity contribution in [2.75, 3.05) is 13.1 Å². The van der Waals surface area contributed by atoms with Crippen LogP contribution in [0.3, 0.4) is 0 Å². The fourth-order valence-corrected chi connectivity index (χ4v) is 5.92. The Morgan fingerprint density at radius 2 is 2.15 bits per heavy atom. The summed E-state index contributed by atoms with van der Waals surface area (Å²) in [5.41, 5.74) is 1.32. The van der Waals surface area contributed by atoms with Crippen molar-refractivity contribution in [2.45, 2.75) is 25.9 Å². The van der Waals surface area contributed by atoms with Gasteiger partial charge in [-0.3, -0.25) is 9.59 Å². The third kappa shape index (κ3) is 2.14. The number of fused-ring (bicyclic) bond motifs is 4. The lowest BCUT2D eigenvalue weighted by atomic mass is 9.81. The second-order valence-corrected chi connectivity index (χ2v) is 8.54. The van der Waals surface area contributed by atoms with Crippen LogP contribution in [0.5, 0.6) is 5.75 Å². The summed E-state index contributed by atoms with van der Waals surface area (Å²) in [6.07, 6.45) is 2.53. The topological polar surface area (TPSA) is 66.8 Å². The van der Waals surface area contributed by atoms with Crippen molar-refractivity contribution < 1.29 is 19.4 Å². The van der Waals surface area contributed by atoms with E-state index in [9.17, 15) is 14.7 Å². The predicted octanol–water partition coefficient (Wildman–Crippen LogP) is 3.63. The first-order valence-corrected chi connectivity index (χ1v) is 9.78. The first-order chi connectivity index (χ1) is 12.6. The van der Waals surface area contributed by atoms with E-state index in [2.05, 4.69) is 0 Å². The van der Waals surface area contributed by atoms with Gasteiger partial charge in [-0.1, -0.05) is 18.6 Å². The Balaban J connectivity index is 1.45. The van der Waals surface area contributed by atoms with Gasteiger partial charge in [-0.15, -0.1) is 11.3 Å². The second kappa shape index (κ2) is 5.58. The Morgan fingerprint density at radius 1 is 1.31 bits per heavy atom. The largest absolute Gasteiger partial charge is 0.488 e. The Kier molecular flexibility index (Phi) is 3.41. The highest BCUT2D eigenvalue weighted by Gasteiger charge is 2.56. The van der Waals surface area contributed by atoms with Gasteiger partial charge in [0, 0.05) is 29.1 Å². The van der Waals surface area contributed by atoms with E-state index in [1.807, 2.05) is 30.3 Å². The van der Waals surface area contributed by atoms with Crippen LogP contribution < -0.4 is 4.74 Å². The number of thiophene rings is 1. The molecule has 3 aliphatic rings. The minimum absolute atomic E-state index is 0.0445. The maximum atomic E-state index is 13.1. The summed E-state index contributed by atoms with van der Waals surface area (Å²) < 4.78 is 5.78. The number of rotatable bonds is 2. The van der Waals surface area contributed by atoms with Gasteiger partial charge in [0.1, 0.15) is 12.4 Å². The highest BCUT2D eigenvalue weighted by Crippen LogP contribution is 2.50. The lowest BCUT2D eigenvalue weighted by Crippen LogP contribution is -2.37. The number of carboxylic acids is 1. The van der Waals surface area contributed by atoms with Gasteiger partial charge in [0.25, 0.3) is 5.91 Å². The third-order valence-electron chi connectivity index (χ3n) is 6.12. The maximum absolute atomic E-state index is 13.1. The number of hydrogen-bond acceptors (Lipinski definition) is 4. The molecule has 2 aliphatic heterocycles. The van der Waals surface area contributed by atoms with E-state index >= 15 is 0 Å². The molecule has 134 valence electrons. The number of hydrogen-bond donors (Lipinski definition) is 1. The number of para-hydroxylation sites is 1. The molecule has 1 aromatic heterocycles. The Bertz CT molecular complexity index is 920.